The molecule has 0 aliphatic heterocycles. The van der Waals surface area contributed by atoms with Gasteiger partial charge in [-0.25, -0.2) is 4.98 Å². The number of pyridine rings is 1. The fraction of sp³-hybridized carbons (Fsp3) is 0.545. The molecule has 1 rings (SSSR count). The zero-order valence-electron chi connectivity index (χ0n) is 9.74. The lowest BCUT2D eigenvalue weighted by atomic mass is 9.94. The standard InChI is InChI=1S/C11H15F3N2/c1-5(2)8-6(3)7(4)9(11(12,13)14)16-10(8)15/h5H,1-4H3,(H2,15,16). The molecule has 0 bridgehead atoms. The molecular weight excluding hydrogens is 217 g/mol. The molecule has 90 valence electrons. The van der Waals surface area contributed by atoms with Crippen molar-refractivity contribution >= 4 is 5.82 Å². The van der Waals surface area contributed by atoms with E-state index in [2.05, 4.69) is 4.98 Å². The molecule has 0 atom stereocenters. The molecule has 0 saturated carbocycles. The van der Waals surface area contributed by atoms with Crippen molar-refractivity contribution in [2.24, 2.45) is 0 Å². The van der Waals surface area contributed by atoms with E-state index in [0.29, 0.717) is 11.1 Å². The molecule has 0 radical (unpaired) electrons. The molecule has 0 fully saturated rings. The van der Waals surface area contributed by atoms with Crippen molar-refractivity contribution in [1.29, 1.82) is 0 Å². The summed E-state index contributed by atoms with van der Waals surface area (Å²) in [5.74, 6) is 0.0407. The number of nitrogen functional groups attached to an aromatic ring is 1. The molecule has 0 unspecified atom stereocenters. The Kier molecular flexibility index (Phi) is 3.17. The van der Waals surface area contributed by atoms with Crippen LogP contribution in [0.1, 0.15) is 42.1 Å². The monoisotopic (exact) mass is 232 g/mol. The van der Waals surface area contributed by atoms with Gasteiger partial charge in [-0.05, 0) is 30.9 Å². The Morgan fingerprint density at radius 3 is 2.00 bits per heavy atom. The lowest BCUT2D eigenvalue weighted by Gasteiger charge is -2.18. The maximum Gasteiger partial charge on any atom is 0.433 e. The summed E-state index contributed by atoms with van der Waals surface area (Å²) in [7, 11) is 0. The van der Waals surface area contributed by atoms with E-state index in [4.69, 9.17) is 5.73 Å². The van der Waals surface area contributed by atoms with Crippen molar-refractivity contribution in [2.45, 2.75) is 39.8 Å². The second kappa shape index (κ2) is 3.96. The molecule has 1 aromatic heterocycles. The number of alkyl halides is 3. The molecule has 5 heteroatoms. The molecule has 0 aliphatic rings. The minimum Gasteiger partial charge on any atom is -0.383 e. The second-order valence-corrected chi connectivity index (χ2v) is 4.16. The number of nitrogens with zero attached hydrogens (tertiary/aromatic N) is 1. The van der Waals surface area contributed by atoms with Gasteiger partial charge in [0.25, 0.3) is 0 Å². The molecule has 2 N–H and O–H groups in total. The molecule has 2 nitrogen and oxygen atoms in total. The molecule has 0 aliphatic carbocycles. The first kappa shape index (κ1) is 12.8. The smallest absolute Gasteiger partial charge is 0.383 e. The van der Waals surface area contributed by atoms with Gasteiger partial charge in [-0.15, -0.1) is 0 Å². The van der Waals surface area contributed by atoms with Gasteiger partial charge in [-0.1, -0.05) is 13.8 Å². The molecule has 1 aromatic rings. The van der Waals surface area contributed by atoms with E-state index in [1.807, 2.05) is 13.8 Å². The molecule has 0 spiro atoms. The number of rotatable bonds is 1. The highest BCUT2D eigenvalue weighted by atomic mass is 19.4. The van der Waals surface area contributed by atoms with Crippen LogP contribution in [0.4, 0.5) is 19.0 Å². The number of hydrogen-bond donors (Lipinski definition) is 1. The zero-order chi connectivity index (χ0) is 12.7. The predicted molar refractivity (Wildman–Crippen MR) is 57.2 cm³/mol. The lowest BCUT2D eigenvalue weighted by molar-refractivity contribution is -0.141. The van der Waals surface area contributed by atoms with E-state index < -0.39 is 11.9 Å². The Morgan fingerprint density at radius 1 is 1.12 bits per heavy atom. The van der Waals surface area contributed by atoms with Gasteiger partial charge in [0.1, 0.15) is 11.5 Å². The third kappa shape index (κ3) is 2.13. The van der Waals surface area contributed by atoms with Crippen molar-refractivity contribution in [3.63, 3.8) is 0 Å². The summed E-state index contributed by atoms with van der Waals surface area (Å²) in [5, 5.41) is 0. The maximum absolute atomic E-state index is 12.6. The van der Waals surface area contributed by atoms with Crippen LogP contribution in [-0.4, -0.2) is 4.98 Å². The second-order valence-electron chi connectivity index (χ2n) is 4.16. The Bertz CT molecular complexity index is 409. The average Bonchev–Trinajstić information content (AvgIpc) is 2.09. The van der Waals surface area contributed by atoms with Crippen LogP contribution in [0.2, 0.25) is 0 Å². The van der Waals surface area contributed by atoms with E-state index >= 15 is 0 Å². The number of nitrogens with two attached hydrogens (primary N) is 1. The van der Waals surface area contributed by atoms with Gasteiger partial charge in [-0.2, -0.15) is 13.2 Å². The van der Waals surface area contributed by atoms with Crippen LogP contribution in [0, 0.1) is 13.8 Å². The molecule has 0 aromatic carbocycles. The summed E-state index contributed by atoms with van der Waals surface area (Å²) in [4.78, 5) is 3.48. The molecule has 16 heavy (non-hydrogen) atoms. The fourth-order valence-corrected chi connectivity index (χ4v) is 1.84. The third-order valence-corrected chi connectivity index (χ3v) is 2.68. The highest BCUT2D eigenvalue weighted by Gasteiger charge is 2.36. The Labute approximate surface area is 92.7 Å². The van der Waals surface area contributed by atoms with Gasteiger partial charge >= 0.3 is 6.18 Å². The first-order chi connectivity index (χ1) is 7.16. The van der Waals surface area contributed by atoms with Gasteiger partial charge < -0.3 is 5.73 Å². The maximum atomic E-state index is 12.6. The summed E-state index contributed by atoms with van der Waals surface area (Å²) in [5.41, 5.74) is 6.13. The zero-order valence-corrected chi connectivity index (χ0v) is 9.74. The van der Waals surface area contributed by atoms with Crippen LogP contribution in [0.25, 0.3) is 0 Å². The van der Waals surface area contributed by atoms with Crippen molar-refractivity contribution < 1.29 is 13.2 Å². The number of aromatic nitrogens is 1. The summed E-state index contributed by atoms with van der Waals surface area (Å²) in [6.07, 6.45) is -4.45. The highest BCUT2D eigenvalue weighted by molar-refractivity contribution is 5.51. The van der Waals surface area contributed by atoms with Gasteiger partial charge in [0.15, 0.2) is 0 Å². The largest absolute Gasteiger partial charge is 0.433 e. The molecule has 1 heterocycles. The van der Waals surface area contributed by atoms with Crippen LogP contribution in [0.3, 0.4) is 0 Å². The lowest BCUT2D eigenvalue weighted by Crippen LogP contribution is -2.16. The van der Waals surface area contributed by atoms with Crippen molar-refractivity contribution in [2.75, 3.05) is 5.73 Å². The van der Waals surface area contributed by atoms with Crippen molar-refractivity contribution in [3.05, 3.63) is 22.4 Å². The van der Waals surface area contributed by atoms with Crippen molar-refractivity contribution in [1.82, 2.24) is 4.98 Å². The first-order valence-electron chi connectivity index (χ1n) is 5.00. The highest BCUT2D eigenvalue weighted by Crippen LogP contribution is 2.35. The average molecular weight is 232 g/mol. The number of anilines is 1. The summed E-state index contributed by atoms with van der Waals surface area (Å²) in [6.45, 7) is 6.84. The van der Waals surface area contributed by atoms with Gasteiger partial charge in [0.05, 0.1) is 0 Å². The normalized spacial score (nSPS) is 12.2. The van der Waals surface area contributed by atoms with Crippen LogP contribution in [0.15, 0.2) is 0 Å². The molecule has 0 saturated heterocycles. The third-order valence-electron chi connectivity index (χ3n) is 2.68. The van der Waals surface area contributed by atoms with Crippen LogP contribution in [-0.2, 0) is 6.18 Å². The van der Waals surface area contributed by atoms with Gasteiger partial charge in [0.2, 0.25) is 0 Å². The Hall–Kier alpha value is -1.26. The van der Waals surface area contributed by atoms with Crippen LogP contribution in [0.5, 0.6) is 0 Å². The van der Waals surface area contributed by atoms with E-state index in [0.717, 1.165) is 0 Å². The van der Waals surface area contributed by atoms with E-state index in [1.165, 1.54) is 6.92 Å². The quantitative estimate of drug-likeness (QED) is 0.805. The van der Waals surface area contributed by atoms with E-state index in [-0.39, 0.29) is 17.3 Å². The summed E-state index contributed by atoms with van der Waals surface area (Å²) in [6, 6.07) is 0. The molecule has 0 amide bonds. The molecular formula is C11H15F3N2. The van der Waals surface area contributed by atoms with E-state index in [9.17, 15) is 13.2 Å². The fourth-order valence-electron chi connectivity index (χ4n) is 1.84. The first-order valence-corrected chi connectivity index (χ1v) is 5.00. The van der Waals surface area contributed by atoms with Crippen LogP contribution >= 0.6 is 0 Å². The Balaban J connectivity index is 3.52. The van der Waals surface area contributed by atoms with Crippen molar-refractivity contribution in [3.8, 4) is 0 Å². The van der Waals surface area contributed by atoms with E-state index in [1.54, 1.807) is 6.92 Å². The SMILES string of the molecule is Cc1c(C(F)(F)F)nc(N)c(C(C)C)c1C. The summed E-state index contributed by atoms with van der Waals surface area (Å²) < 4.78 is 37.9. The number of hydrogen-bond acceptors (Lipinski definition) is 2. The topological polar surface area (TPSA) is 38.9 Å². The number of halogens is 3. The van der Waals surface area contributed by atoms with Crippen LogP contribution < -0.4 is 5.73 Å². The minimum absolute atomic E-state index is 0.0228. The minimum atomic E-state index is -4.45. The predicted octanol–water partition coefficient (Wildman–Crippen LogP) is 3.42. The van der Waals surface area contributed by atoms with Gasteiger partial charge in [-0.3, -0.25) is 0 Å². The van der Waals surface area contributed by atoms with Gasteiger partial charge in [0, 0.05) is 5.56 Å². The summed E-state index contributed by atoms with van der Waals surface area (Å²) >= 11 is 0. The Morgan fingerprint density at radius 2 is 1.62 bits per heavy atom.